The van der Waals surface area contributed by atoms with Gasteiger partial charge >= 0.3 is 11.9 Å². The third-order valence-electron chi connectivity index (χ3n) is 6.84. The van der Waals surface area contributed by atoms with Gasteiger partial charge in [0.25, 0.3) is 0 Å². The minimum Gasteiger partial charge on any atom is -0.469 e. The summed E-state index contributed by atoms with van der Waals surface area (Å²) in [6, 6.07) is 19.5. The molecule has 0 fully saturated rings. The van der Waals surface area contributed by atoms with Crippen LogP contribution in [0.1, 0.15) is 57.1 Å². The quantitative estimate of drug-likeness (QED) is 0.340. The van der Waals surface area contributed by atoms with Crippen molar-refractivity contribution in [3.8, 4) is 0 Å². The summed E-state index contributed by atoms with van der Waals surface area (Å²) in [4.78, 5) is 25.7. The van der Waals surface area contributed by atoms with Crippen molar-refractivity contribution in [2.75, 3.05) is 13.7 Å². The molecule has 4 heteroatoms. The normalized spacial score (nSPS) is 19.2. The Bertz CT molecular complexity index is 893. The third-order valence-corrected chi connectivity index (χ3v) is 6.84. The van der Waals surface area contributed by atoms with Gasteiger partial charge in [0.2, 0.25) is 0 Å². The van der Waals surface area contributed by atoms with Crippen LogP contribution in [-0.4, -0.2) is 25.7 Å². The van der Waals surface area contributed by atoms with Crippen LogP contribution < -0.4 is 0 Å². The maximum atomic E-state index is 13.2. The highest BCUT2D eigenvalue weighted by Gasteiger charge is 2.37. The molecule has 2 aromatic rings. The van der Waals surface area contributed by atoms with Crippen LogP contribution in [0.15, 0.2) is 72.3 Å². The average Bonchev–Trinajstić information content (AvgIpc) is 2.82. The highest BCUT2D eigenvalue weighted by molar-refractivity contribution is 5.82. The molecule has 0 aromatic heterocycles. The zero-order valence-electron chi connectivity index (χ0n) is 20.2. The smallest absolute Gasteiger partial charge is 0.317 e. The van der Waals surface area contributed by atoms with Crippen LogP contribution in [0.3, 0.4) is 0 Å². The maximum absolute atomic E-state index is 13.2. The summed E-state index contributed by atoms with van der Waals surface area (Å²) in [5.74, 6) is -0.294. The van der Waals surface area contributed by atoms with E-state index in [9.17, 15) is 9.59 Å². The summed E-state index contributed by atoms with van der Waals surface area (Å²) in [6.07, 6.45) is 4.69. The Hall–Kier alpha value is -2.88. The molecule has 0 heterocycles. The van der Waals surface area contributed by atoms with Crippen molar-refractivity contribution in [3.63, 3.8) is 0 Å². The molecule has 3 atom stereocenters. The topological polar surface area (TPSA) is 52.6 Å². The van der Waals surface area contributed by atoms with E-state index in [1.165, 1.54) is 12.7 Å². The highest BCUT2D eigenvalue weighted by Crippen LogP contribution is 2.39. The number of hydrogen-bond acceptors (Lipinski definition) is 4. The van der Waals surface area contributed by atoms with Gasteiger partial charge in [-0.25, -0.2) is 0 Å². The molecule has 0 saturated carbocycles. The van der Waals surface area contributed by atoms with Gasteiger partial charge in [0.05, 0.1) is 19.6 Å². The molecule has 1 aliphatic rings. The van der Waals surface area contributed by atoms with Crippen LogP contribution >= 0.6 is 0 Å². The van der Waals surface area contributed by atoms with E-state index in [0.717, 1.165) is 24.0 Å². The summed E-state index contributed by atoms with van der Waals surface area (Å²) in [7, 11) is 1.46. The number of ether oxygens (including phenoxy) is 2. The predicted octanol–water partition coefficient (Wildman–Crippen LogP) is 6.17. The van der Waals surface area contributed by atoms with Crippen LogP contribution in [0.5, 0.6) is 0 Å². The molecule has 0 N–H and O–H groups in total. The predicted molar refractivity (Wildman–Crippen MR) is 131 cm³/mol. The van der Waals surface area contributed by atoms with Gasteiger partial charge in [-0.3, -0.25) is 9.59 Å². The molecular formula is C29H36O4. The summed E-state index contributed by atoms with van der Waals surface area (Å²) >= 11 is 0. The maximum Gasteiger partial charge on any atom is 0.317 e. The molecule has 0 saturated heterocycles. The third kappa shape index (κ3) is 6.34. The molecule has 33 heavy (non-hydrogen) atoms. The SMILES string of the molecule is COC(=O)C1CCC(C)=CC1[C@H](CCOC(=O)C(c1ccccc1)c1ccccc1)C(C)C. The Kier molecular flexibility index (Phi) is 8.87. The Labute approximate surface area is 198 Å². The van der Waals surface area contributed by atoms with Gasteiger partial charge in [0, 0.05) is 0 Å². The molecule has 0 amide bonds. The van der Waals surface area contributed by atoms with E-state index in [-0.39, 0.29) is 29.7 Å². The fraction of sp³-hybridized carbons (Fsp3) is 0.448. The molecule has 0 bridgehead atoms. The molecule has 2 unspecified atom stereocenters. The van der Waals surface area contributed by atoms with Crippen LogP contribution in [0, 0.1) is 23.7 Å². The molecule has 1 aliphatic carbocycles. The lowest BCUT2D eigenvalue weighted by Crippen LogP contribution is -2.34. The average molecular weight is 449 g/mol. The molecule has 0 spiro atoms. The first kappa shape index (κ1) is 24.8. The summed E-state index contributed by atoms with van der Waals surface area (Å²) in [5, 5.41) is 0. The van der Waals surface area contributed by atoms with E-state index in [2.05, 4.69) is 26.8 Å². The summed E-state index contributed by atoms with van der Waals surface area (Å²) < 4.78 is 11.0. The second-order valence-corrected chi connectivity index (χ2v) is 9.38. The lowest BCUT2D eigenvalue weighted by atomic mass is 9.69. The van der Waals surface area contributed by atoms with Crippen molar-refractivity contribution in [2.45, 2.75) is 46.0 Å². The van der Waals surface area contributed by atoms with Crippen LogP contribution in [0.2, 0.25) is 0 Å². The monoisotopic (exact) mass is 448 g/mol. The van der Waals surface area contributed by atoms with E-state index < -0.39 is 5.92 Å². The number of allylic oxidation sites excluding steroid dienone is 2. The van der Waals surface area contributed by atoms with Crippen molar-refractivity contribution in [2.24, 2.45) is 23.7 Å². The van der Waals surface area contributed by atoms with Gasteiger partial charge in [-0.2, -0.15) is 0 Å². The number of methoxy groups -OCH3 is 1. The number of hydrogen-bond donors (Lipinski definition) is 0. The second kappa shape index (κ2) is 11.8. The summed E-state index contributed by atoms with van der Waals surface area (Å²) in [6.45, 7) is 6.81. The van der Waals surface area contributed by atoms with E-state index in [1.54, 1.807) is 0 Å². The first-order valence-electron chi connectivity index (χ1n) is 11.9. The van der Waals surface area contributed by atoms with Gasteiger partial charge in [0.1, 0.15) is 5.92 Å². The summed E-state index contributed by atoms with van der Waals surface area (Å²) in [5.41, 5.74) is 3.16. The van der Waals surface area contributed by atoms with E-state index in [4.69, 9.17) is 9.47 Å². The zero-order valence-corrected chi connectivity index (χ0v) is 20.2. The lowest BCUT2D eigenvalue weighted by molar-refractivity contribution is -0.149. The standard InChI is InChI=1S/C29H36O4/c1-20(2)24(26-19-21(3)15-16-25(26)28(30)32-4)17-18-33-29(31)27(22-11-7-5-8-12-22)23-13-9-6-10-14-23/h5-14,19-20,24-27H,15-18H2,1-4H3/t24-,25?,26?/m1/s1. The molecule has 0 radical (unpaired) electrons. The minimum atomic E-state index is -0.454. The van der Waals surface area contributed by atoms with Gasteiger partial charge in [-0.1, -0.05) is 86.2 Å². The Morgan fingerprint density at radius 1 is 0.970 bits per heavy atom. The molecular weight excluding hydrogens is 412 g/mol. The van der Waals surface area contributed by atoms with E-state index in [1.807, 2.05) is 60.7 Å². The number of carbonyl (C=O) groups excluding carboxylic acids is 2. The van der Waals surface area contributed by atoms with Crippen molar-refractivity contribution in [1.29, 1.82) is 0 Å². The van der Waals surface area contributed by atoms with Crippen LogP contribution in [0.4, 0.5) is 0 Å². The van der Waals surface area contributed by atoms with Gasteiger partial charge < -0.3 is 9.47 Å². The van der Waals surface area contributed by atoms with Crippen molar-refractivity contribution >= 4 is 11.9 Å². The fourth-order valence-corrected chi connectivity index (χ4v) is 5.06. The highest BCUT2D eigenvalue weighted by atomic mass is 16.5. The second-order valence-electron chi connectivity index (χ2n) is 9.38. The molecule has 176 valence electrons. The molecule has 2 aromatic carbocycles. The Morgan fingerprint density at radius 3 is 2.06 bits per heavy atom. The van der Waals surface area contributed by atoms with Gasteiger partial charge in [0.15, 0.2) is 0 Å². The van der Waals surface area contributed by atoms with Crippen molar-refractivity contribution < 1.29 is 19.1 Å². The van der Waals surface area contributed by atoms with Crippen molar-refractivity contribution in [3.05, 3.63) is 83.4 Å². The van der Waals surface area contributed by atoms with Crippen LogP contribution in [0.25, 0.3) is 0 Å². The Balaban J connectivity index is 1.73. The number of benzene rings is 2. The van der Waals surface area contributed by atoms with E-state index in [0.29, 0.717) is 18.9 Å². The zero-order chi connectivity index (χ0) is 23.8. The minimum absolute atomic E-state index is 0.101. The number of esters is 2. The number of rotatable bonds is 9. The largest absolute Gasteiger partial charge is 0.469 e. The number of carbonyl (C=O) groups is 2. The first-order valence-corrected chi connectivity index (χ1v) is 11.9. The fourth-order valence-electron chi connectivity index (χ4n) is 5.06. The Morgan fingerprint density at radius 2 is 1.55 bits per heavy atom. The molecule has 3 rings (SSSR count). The molecule has 4 nitrogen and oxygen atoms in total. The van der Waals surface area contributed by atoms with Crippen LogP contribution in [-0.2, 0) is 19.1 Å². The molecule has 0 aliphatic heterocycles. The van der Waals surface area contributed by atoms with Crippen molar-refractivity contribution in [1.82, 2.24) is 0 Å². The van der Waals surface area contributed by atoms with Gasteiger partial charge in [-0.15, -0.1) is 0 Å². The first-order chi connectivity index (χ1) is 15.9. The van der Waals surface area contributed by atoms with E-state index >= 15 is 0 Å². The lowest BCUT2D eigenvalue weighted by Gasteiger charge is -2.36. The van der Waals surface area contributed by atoms with Gasteiger partial charge in [-0.05, 0) is 55.1 Å².